The van der Waals surface area contributed by atoms with Crippen molar-refractivity contribution in [3.8, 4) is 11.5 Å². The molecule has 156 valence electrons. The van der Waals surface area contributed by atoms with Gasteiger partial charge in [0.15, 0.2) is 5.82 Å². The highest BCUT2D eigenvalue weighted by Crippen LogP contribution is 2.28. The van der Waals surface area contributed by atoms with E-state index in [1.54, 1.807) is 46.8 Å². The lowest BCUT2D eigenvalue weighted by atomic mass is 10.1. The number of carbonyl (C=O) groups is 1. The predicted octanol–water partition coefficient (Wildman–Crippen LogP) is 3.40. The first kappa shape index (κ1) is 19.5. The van der Waals surface area contributed by atoms with Gasteiger partial charge in [0.1, 0.15) is 27.8 Å². The molecule has 1 N–H and O–H groups in total. The van der Waals surface area contributed by atoms with Crippen molar-refractivity contribution < 1.29 is 13.9 Å². The SMILES string of the molecule is O=C(c1csc2c(=O)[nH]c(-c3ccccn3)nc12)N1CCOC(c2ccc(F)cc2)C1. The minimum absolute atomic E-state index is 0.216. The van der Waals surface area contributed by atoms with Gasteiger partial charge in [-0.2, -0.15) is 0 Å². The van der Waals surface area contributed by atoms with Crippen LogP contribution < -0.4 is 5.56 Å². The summed E-state index contributed by atoms with van der Waals surface area (Å²) in [5.74, 6) is -0.222. The lowest BCUT2D eigenvalue weighted by Gasteiger charge is -2.33. The summed E-state index contributed by atoms with van der Waals surface area (Å²) >= 11 is 1.19. The molecule has 1 aromatic carbocycles. The molecule has 0 spiro atoms. The molecule has 31 heavy (non-hydrogen) atoms. The molecule has 1 aliphatic rings. The molecule has 3 aromatic heterocycles. The zero-order valence-electron chi connectivity index (χ0n) is 16.2. The summed E-state index contributed by atoms with van der Waals surface area (Å²) in [5.41, 5.74) is 1.77. The molecule has 0 aliphatic carbocycles. The van der Waals surface area contributed by atoms with E-state index in [9.17, 15) is 14.0 Å². The van der Waals surface area contributed by atoms with Crippen LogP contribution in [0.25, 0.3) is 21.7 Å². The summed E-state index contributed by atoms with van der Waals surface area (Å²) in [6.07, 6.45) is 1.27. The average molecular weight is 436 g/mol. The maximum atomic E-state index is 13.3. The van der Waals surface area contributed by atoms with Crippen molar-refractivity contribution in [2.24, 2.45) is 0 Å². The Hall–Kier alpha value is -3.43. The van der Waals surface area contributed by atoms with Crippen molar-refractivity contribution in [1.29, 1.82) is 0 Å². The van der Waals surface area contributed by atoms with Crippen LogP contribution in [-0.4, -0.2) is 45.5 Å². The number of rotatable bonds is 3. The monoisotopic (exact) mass is 436 g/mol. The number of aromatic amines is 1. The number of halogens is 1. The second-order valence-electron chi connectivity index (χ2n) is 7.12. The van der Waals surface area contributed by atoms with Crippen molar-refractivity contribution in [1.82, 2.24) is 19.9 Å². The molecule has 4 aromatic rings. The van der Waals surface area contributed by atoms with E-state index in [1.807, 2.05) is 0 Å². The summed E-state index contributed by atoms with van der Waals surface area (Å²) in [4.78, 5) is 39.1. The molecule has 4 heterocycles. The Morgan fingerprint density at radius 3 is 2.84 bits per heavy atom. The van der Waals surface area contributed by atoms with Crippen molar-refractivity contribution in [2.45, 2.75) is 6.10 Å². The number of H-pyrrole nitrogens is 1. The fraction of sp³-hybridized carbons (Fsp3) is 0.182. The molecule has 9 heteroatoms. The summed E-state index contributed by atoms with van der Waals surface area (Å²) in [7, 11) is 0. The van der Waals surface area contributed by atoms with Gasteiger partial charge in [-0.3, -0.25) is 14.6 Å². The van der Waals surface area contributed by atoms with Crippen LogP contribution in [0, 0.1) is 5.82 Å². The predicted molar refractivity (Wildman–Crippen MR) is 114 cm³/mol. The molecule has 1 unspecified atom stereocenters. The molecule has 1 amide bonds. The van der Waals surface area contributed by atoms with Crippen LogP contribution in [0.5, 0.6) is 0 Å². The molecular weight excluding hydrogens is 419 g/mol. The van der Waals surface area contributed by atoms with Crippen molar-refractivity contribution in [2.75, 3.05) is 19.7 Å². The Morgan fingerprint density at radius 2 is 2.06 bits per heavy atom. The number of hydrogen-bond donors (Lipinski definition) is 1. The molecular formula is C22H17FN4O3S. The second-order valence-corrected chi connectivity index (χ2v) is 8.00. The maximum Gasteiger partial charge on any atom is 0.269 e. The molecule has 5 rings (SSSR count). The number of thiophene rings is 1. The van der Waals surface area contributed by atoms with Gasteiger partial charge in [0.05, 0.1) is 18.7 Å². The number of benzene rings is 1. The van der Waals surface area contributed by atoms with Gasteiger partial charge in [0, 0.05) is 18.1 Å². The maximum absolute atomic E-state index is 13.3. The van der Waals surface area contributed by atoms with E-state index in [0.717, 1.165) is 5.56 Å². The minimum Gasteiger partial charge on any atom is -0.370 e. The van der Waals surface area contributed by atoms with Crippen LogP contribution in [-0.2, 0) is 4.74 Å². The smallest absolute Gasteiger partial charge is 0.269 e. The number of carbonyl (C=O) groups excluding carboxylic acids is 1. The van der Waals surface area contributed by atoms with Gasteiger partial charge in [-0.05, 0) is 29.8 Å². The van der Waals surface area contributed by atoms with Gasteiger partial charge in [-0.15, -0.1) is 11.3 Å². The Kier molecular flexibility index (Phi) is 5.05. The molecule has 0 bridgehead atoms. The second kappa shape index (κ2) is 8.01. The molecule has 0 radical (unpaired) electrons. The summed E-state index contributed by atoms with van der Waals surface area (Å²) in [6.45, 7) is 1.12. The molecule has 1 atom stereocenters. The molecule has 1 fully saturated rings. The first-order valence-electron chi connectivity index (χ1n) is 9.69. The van der Waals surface area contributed by atoms with Crippen LogP contribution in [0.1, 0.15) is 22.0 Å². The Morgan fingerprint density at radius 1 is 1.23 bits per heavy atom. The van der Waals surface area contributed by atoms with E-state index >= 15 is 0 Å². The third-order valence-electron chi connectivity index (χ3n) is 5.16. The highest BCUT2D eigenvalue weighted by atomic mass is 32.1. The van der Waals surface area contributed by atoms with Crippen molar-refractivity contribution in [3.05, 3.63) is 81.3 Å². The molecule has 1 saturated heterocycles. The van der Waals surface area contributed by atoms with Crippen LogP contribution in [0.3, 0.4) is 0 Å². The number of hydrogen-bond acceptors (Lipinski definition) is 6. The van der Waals surface area contributed by atoms with Crippen molar-refractivity contribution in [3.63, 3.8) is 0 Å². The zero-order chi connectivity index (χ0) is 21.4. The standard InChI is InChI=1S/C22H17FN4O3S/c23-14-6-4-13(5-7-14)17-11-27(9-10-30-17)22(29)15-12-31-19-18(15)25-20(26-21(19)28)16-3-1-2-8-24-16/h1-8,12,17H,9-11H2,(H,25,26,28). The quantitative estimate of drug-likeness (QED) is 0.532. The van der Waals surface area contributed by atoms with Gasteiger partial charge >= 0.3 is 0 Å². The Balaban J connectivity index is 1.47. The third-order valence-corrected chi connectivity index (χ3v) is 6.13. The summed E-state index contributed by atoms with van der Waals surface area (Å²) < 4.78 is 19.4. The van der Waals surface area contributed by atoms with Crippen LogP contribution >= 0.6 is 11.3 Å². The number of pyridine rings is 1. The number of fused-ring (bicyclic) bond motifs is 1. The van der Waals surface area contributed by atoms with Gasteiger partial charge in [0.25, 0.3) is 11.5 Å². The summed E-state index contributed by atoms with van der Waals surface area (Å²) in [6, 6.07) is 11.4. The van der Waals surface area contributed by atoms with E-state index < -0.39 is 0 Å². The Labute approximate surface area is 180 Å². The average Bonchev–Trinajstić information content (AvgIpc) is 3.24. The number of morpholine rings is 1. The minimum atomic E-state index is -0.344. The normalized spacial score (nSPS) is 16.5. The number of nitrogens with one attached hydrogen (secondary N) is 1. The van der Waals surface area contributed by atoms with Crippen LogP contribution in [0.4, 0.5) is 4.39 Å². The van der Waals surface area contributed by atoms with Crippen LogP contribution in [0.2, 0.25) is 0 Å². The highest BCUT2D eigenvalue weighted by Gasteiger charge is 2.28. The lowest BCUT2D eigenvalue weighted by molar-refractivity contribution is -0.0227. The first-order valence-corrected chi connectivity index (χ1v) is 10.6. The van der Waals surface area contributed by atoms with Gasteiger partial charge in [0.2, 0.25) is 0 Å². The largest absolute Gasteiger partial charge is 0.370 e. The third kappa shape index (κ3) is 3.73. The number of ether oxygens (including phenoxy) is 1. The molecule has 7 nitrogen and oxygen atoms in total. The van der Waals surface area contributed by atoms with Gasteiger partial charge < -0.3 is 14.6 Å². The van der Waals surface area contributed by atoms with Crippen molar-refractivity contribution >= 4 is 27.5 Å². The molecule has 0 saturated carbocycles. The number of amides is 1. The van der Waals surface area contributed by atoms with E-state index in [-0.39, 0.29) is 23.4 Å². The topological polar surface area (TPSA) is 88.2 Å². The van der Waals surface area contributed by atoms with E-state index in [0.29, 0.717) is 47.0 Å². The van der Waals surface area contributed by atoms with Gasteiger partial charge in [-0.1, -0.05) is 18.2 Å². The summed E-state index contributed by atoms with van der Waals surface area (Å²) in [5, 5.41) is 1.67. The fourth-order valence-corrected chi connectivity index (χ4v) is 4.46. The van der Waals surface area contributed by atoms with E-state index in [2.05, 4.69) is 15.0 Å². The van der Waals surface area contributed by atoms with E-state index in [4.69, 9.17) is 4.74 Å². The van der Waals surface area contributed by atoms with Crippen LogP contribution in [0.15, 0.2) is 58.8 Å². The first-order chi connectivity index (χ1) is 15.1. The number of nitrogens with zero attached hydrogens (tertiary/aromatic N) is 3. The number of aromatic nitrogens is 3. The highest BCUT2D eigenvalue weighted by molar-refractivity contribution is 7.17. The zero-order valence-corrected chi connectivity index (χ0v) is 17.1. The lowest BCUT2D eigenvalue weighted by Crippen LogP contribution is -2.42. The molecule has 1 aliphatic heterocycles. The van der Waals surface area contributed by atoms with Gasteiger partial charge in [-0.25, -0.2) is 9.37 Å². The Bertz CT molecular complexity index is 1300. The fourth-order valence-electron chi connectivity index (χ4n) is 3.59. The van der Waals surface area contributed by atoms with E-state index in [1.165, 1.54) is 23.5 Å².